The normalized spacial score (nSPS) is 41.0. The van der Waals surface area contributed by atoms with Crippen LogP contribution in [0.25, 0.3) is 0 Å². The molecule has 17 heavy (non-hydrogen) atoms. The summed E-state index contributed by atoms with van der Waals surface area (Å²) in [7, 11) is 0. The van der Waals surface area contributed by atoms with Gasteiger partial charge in [0.1, 0.15) is 0 Å². The van der Waals surface area contributed by atoms with Crippen molar-refractivity contribution in [3.8, 4) is 0 Å². The monoisotopic (exact) mass is 240 g/mol. The van der Waals surface area contributed by atoms with Crippen LogP contribution in [0.4, 0.5) is 0 Å². The molecule has 1 N–H and O–H groups in total. The molecule has 2 rings (SSSR count). The van der Waals surface area contributed by atoms with Crippen LogP contribution in [0.2, 0.25) is 0 Å². The van der Waals surface area contributed by atoms with Crippen molar-refractivity contribution in [3.63, 3.8) is 0 Å². The van der Waals surface area contributed by atoms with Gasteiger partial charge in [0.05, 0.1) is 12.2 Å². The highest BCUT2D eigenvalue weighted by atomic mass is 16.5. The minimum Gasteiger partial charge on any atom is -0.466 e. The highest BCUT2D eigenvalue weighted by molar-refractivity contribution is 5.65. The van der Waals surface area contributed by atoms with Gasteiger partial charge < -0.3 is 9.84 Å². The van der Waals surface area contributed by atoms with Crippen LogP contribution in [-0.4, -0.2) is 23.3 Å². The summed E-state index contributed by atoms with van der Waals surface area (Å²) in [4.78, 5) is 10.8. The summed E-state index contributed by atoms with van der Waals surface area (Å²) in [5.41, 5.74) is -0.417. The molecule has 0 aliphatic heterocycles. The summed E-state index contributed by atoms with van der Waals surface area (Å²) in [6.07, 6.45) is 6.25. The molecule has 2 atom stereocenters. The third kappa shape index (κ3) is 3.21. The van der Waals surface area contributed by atoms with E-state index < -0.39 is 5.60 Å². The van der Waals surface area contributed by atoms with Gasteiger partial charge in [0.25, 0.3) is 0 Å². The average molecular weight is 240 g/mol. The molecule has 0 aromatic rings. The van der Waals surface area contributed by atoms with Crippen LogP contribution in [0.15, 0.2) is 0 Å². The average Bonchev–Trinajstić information content (AvgIpc) is 2.25. The van der Waals surface area contributed by atoms with E-state index in [1.54, 1.807) is 0 Å². The molecule has 98 valence electrons. The first-order valence-electron chi connectivity index (χ1n) is 6.86. The van der Waals surface area contributed by atoms with Crippen molar-refractivity contribution in [1.29, 1.82) is 0 Å². The number of hydrogen-bond acceptors (Lipinski definition) is 3. The molecular weight excluding hydrogens is 216 g/mol. The number of carbonyl (C=O) groups is 1. The van der Waals surface area contributed by atoms with Gasteiger partial charge in [0, 0.05) is 6.92 Å². The smallest absolute Gasteiger partial charge is 0.302 e. The van der Waals surface area contributed by atoms with E-state index in [-0.39, 0.29) is 5.97 Å². The largest absolute Gasteiger partial charge is 0.466 e. The molecule has 0 saturated heterocycles. The Morgan fingerprint density at radius 3 is 2.35 bits per heavy atom. The zero-order valence-electron chi connectivity index (χ0n) is 10.9. The third-order valence-corrected chi connectivity index (χ3v) is 4.52. The molecule has 2 unspecified atom stereocenters. The first-order valence-corrected chi connectivity index (χ1v) is 6.86. The molecule has 3 nitrogen and oxygen atoms in total. The van der Waals surface area contributed by atoms with Crippen molar-refractivity contribution in [2.24, 2.45) is 17.8 Å². The molecule has 0 aromatic carbocycles. The number of rotatable bonds is 3. The first kappa shape index (κ1) is 12.9. The number of esters is 1. The quantitative estimate of drug-likeness (QED) is 0.771. The van der Waals surface area contributed by atoms with Crippen molar-refractivity contribution < 1.29 is 14.6 Å². The summed E-state index contributed by atoms with van der Waals surface area (Å²) >= 11 is 0. The van der Waals surface area contributed by atoms with E-state index in [0.29, 0.717) is 24.4 Å². The Balaban J connectivity index is 1.89. The second-order valence-corrected chi connectivity index (χ2v) is 6.09. The van der Waals surface area contributed by atoms with Crippen molar-refractivity contribution in [1.82, 2.24) is 0 Å². The standard InChI is InChI=1S/C14H24O3/c1-3-14(16)7-11-4-12(8-14)6-13(5-11)9-17-10(2)15/h11-13,16H,3-9H2,1-2H3. The van der Waals surface area contributed by atoms with Crippen molar-refractivity contribution in [3.05, 3.63) is 0 Å². The molecule has 2 aliphatic carbocycles. The van der Waals surface area contributed by atoms with Gasteiger partial charge in [-0.2, -0.15) is 0 Å². The van der Waals surface area contributed by atoms with Gasteiger partial charge in [-0.1, -0.05) is 6.92 Å². The van der Waals surface area contributed by atoms with Gasteiger partial charge in [-0.15, -0.1) is 0 Å². The van der Waals surface area contributed by atoms with Crippen LogP contribution in [-0.2, 0) is 9.53 Å². The van der Waals surface area contributed by atoms with Crippen molar-refractivity contribution >= 4 is 5.97 Å². The maximum atomic E-state index is 10.8. The maximum absolute atomic E-state index is 10.8. The summed E-state index contributed by atoms with van der Waals surface area (Å²) in [6.45, 7) is 4.13. The number of aliphatic hydroxyl groups is 1. The Morgan fingerprint density at radius 2 is 1.88 bits per heavy atom. The van der Waals surface area contributed by atoms with Gasteiger partial charge >= 0.3 is 5.97 Å². The molecule has 0 amide bonds. The van der Waals surface area contributed by atoms with E-state index in [1.165, 1.54) is 13.3 Å². The van der Waals surface area contributed by atoms with Gasteiger partial charge in [0.2, 0.25) is 0 Å². The van der Waals surface area contributed by atoms with Gasteiger partial charge in [-0.05, 0) is 56.3 Å². The Bertz CT molecular complexity index is 273. The lowest BCUT2D eigenvalue weighted by Crippen LogP contribution is -2.43. The minimum atomic E-state index is -0.417. The molecule has 2 aliphatic rings. The lowest BCUT2D eigenvalue weighted by atomic mass is 9.62. The van der Waals surface area contributed by atoms with Gasteiger partial charge in [-0.25, -0.2) is 0 Å². The topological polar surface area (TPSA) is 46.5 Å². The van der Waals surface area contributed by atoms with E-state index in [1.807, 2.05) is 0 Å². The molecular formula is C14H24O3. The van der Waals surface area contributed by atoms with E-state index >= 15 is 0 Å². The van der Waals surface area contributed by atoms with Gasteiger partial charge in [-0.3, -0.25) is 4.79 Å². The molecule has 2 fully saturated rings. The fourth-order valence-electron chi connectivity index (χ4n) is 3.85. The summed E-state index contributed by atoms with van der Waals surface area (Å²) in [5.74, 6) is 1.61. The fraction of sp³-hybridized carbons (Fsp3) is 0.929. The number of fused-ring (bicyclic) bond motifs is 2. The second-order valence-electron chi connectivity index (χ2n) is 6.09. The number of carbonyl (C=O) groups excluding carboxylic acids is 1. The fourth-order valence-corrected chi connectivity index (χ4v) is 3.85. The molecule has 2 saturated carbocycles. The van der Waals surface area contributed by atoms with Crippen LogP contribution in [0, 0.1) is 17.8 Å². The van der Waals surface area contributed by atoms with Crippen LogP contribution >= 0.6 is 0 Å². The lowest BCUT2D eigenvalue weighted by molar-refractivity contribution is -0.144. The van der Waals surface area contributed by atoms with E-state index in [4.69, 9.17) is 4.74 Å². The molecule has 2 bridgehead atoms. The van der Waals surface area contributed by atoms with Crippen LogP contribution in [0.3, 0.4) is 0 Å². The minimum absolute atomic E-state index is 0.175. The van der Waals surface area contributed by atoms with Crippen molar-refractivity contribution in [2.75, 3.05) is 6.61 Å². The highest BCUT2D eigenvalue weighted by Gasteiger charge is 2.42. The van der Waals surface area contributed by atoms with Gasteiger partial charge in [0.15, 0.2) is 0 Å². The molecule has 0 heterocycles. The highest BCUT2D eigenvalue weighted by Crippen LogP contribution is 2.47. The number of ether oxygens (including phenoxy) is 1. The first-order chi connectivity index (χ1) is 8.00. The van der Waals surface area contributed by atoms with E-state index in [2.05, 4.69) is 6.92 Å². The molecule has 0 spiro atoms. The Hall–Kier alpha value is -0.570. The second kappa shape index (κ2) is 4.97. The third-order valence-electron chi connectivity index (χ3n) is 4.52. The van der Waals surface area contributed by atoms with E-state index in [0.717, 1.165) is 32.1 Å². The van der Waals surface area contributed by atoms with Crippen molar-refractivity contribution in [2.45, 2.75) is 58.0 Å². The summed E-state index contributed by atoms with van der Waals surface area (Å²) in [5, 5.41) is 10.4. The SMILES string of the molecule is CCC1(O)CC2CC(COC(C)=O)CC(C2)C1. The van der Waals surface area contributed by atoms with Crippen LogP contribution in [0.5, 0.6) is 0 Å². The van der Waals surface area contributed by atoms with E-state index in [9.17, 15) is 9.90 Å². The predicted molar refractivity (Wildman–Crippen MR) is 65.4 cm³/mol. The maximum Gasteiger partial charge on any atom is 0.302 e. The Kier molecular flexibility index (Phi) is 3.76. The number of hydrogen-bond donors (Lipinski definition) is 1. The molecule has 0 aromatic heterocycles. The molecule has 0 radical (unpaired) electrons. The summed E-state index contributed by atoms with van der Waals surface area (Å²) < 4.78 is 5.12. The zero-order valence-corrected chi connectivity index (χ0v) is 10.9. The molecule has 3 heteroatoms. The summed E-state index contributed by atoms with van der Waals surface area (Å²) in [6, 6.07) is 0. The zero-order chi connectivity index (χ0) is 12.5. The predicted octanol–water partition coefficient (Wildman–Crippen LogP) is 2.52. The Labute approximate surface area is 104 Å². The Morgan fingerprint density at radius 1 is 1.29 bits per heavy atom. The lowest BCUT2D eigenvalue weighted by Gasteiger charge is -2.46. The van der Waals surface area contributed by atoms with Crippen LogP contribution < -0.4 is 0 Å². The van der Waals surface area contributed by atoms with Crippen LogP contribution in [0.1, 0.15) is 52.4 Å².